The lowest BCUT2D eigenvalue weighted by atomic mass is 10.2. The van der Waals surface area contributed by atoms with Gasteiger partial charge in [-0.15, -0.1) is 0 Å². The van der Waals surface area contributed by atoms with Gasteiger partial charge in [-0.3, -0.25) is 4.79 Å². The van der Waals surface area contributed by atoms with Gasteiger partial charge >= 0.3 is 5.97 Å². The van der Waals surface area contributed by atoms with Crippen LogP contribution in [-0.4, -0.2) is 11.0 Å². The van der Waals surface area contributed by atoms with E-state index in [1.165, 1.54) is 19.2 Å². The van der Waals surface area contributed by atoms with E-state index in [2.05, 4.69) is 4.98 Å². The molecule has 2 rings (SSSR count). The first-order valence-corrected chi connectivity index (χ1v) is 4.12. The van der Waals surface area contributed by atoms with Crippen LogP contribution < -0.4 is 4.74 Å². The number of carbonyl (C=O) groups is 1. The molecule has 4 heteroatoms. The minimum Gasteiger partial charge on any atom is -0.424 e. The summed E-state index contributed by atoms with van der Waals surface area (Å²) in [6.07, 6.45) is 1.47. The van der Waals surface area contributed by atoms with Crippen molar-refractivity contribution < 1.29 is 13.9 Å². The van der Waals surface area contributed by atoms with Gasteiger partial charge in [-0.05, 0) is 12.1 Å². The summed E-state index contributed by atoms with van der Waals surface area (Å²) in [5.74, 6) is -0.639. The maximum atomic E-state index is 13.3. The predicted octanol–water partition coefficient (Wildman–Crippen LogP) is 2.23. The first kappa shape index (κ1) is 8.74. The smallest absolute Gasteiger partial charge is 0.308 e. The number of ether oxygens (including phenoxy) is 1. The highest BCUT2D eigenvalue weighted by molar-refractivity contribution is 5.88. The van der Waals surface area contributed by atoms with Gasteiger partial charge in [0.15, 0.2) is 5.75 Å². The Morgan fingerprint density at radius 1 is 1.50 bits per heavy atom. The molecule has 1 aromatic carbocycles. The molecular weight excluding hydrogens is 185 g/mol. The summed E-state index contributed by atoms with van der Waals surface area (Å²) in [4.78, 5) is 13.5. The number of carbonyl (C=O) groups excluding carboxylic acids is 1. The van der Waals surface area contributed by atoms with Crippen molar-refractivity contribution in [2.75, 3.05) is 0 Å². The number of benzene rings is 1. The third-order valence-corrected chi connectivity index (χ3v) is 1.87. The molecule has 0 atom stereocenters. The second-order valence-corrected chi connectivity index (χ2v) is 2.91. The molecule has 0 fully saturated rings. The Bertz CT molecular complexity index is 490. The van der Waals surface area contributed by atoms with Gasteiger partial charge in [0, 0.05) is 13.1 Å². The second kappa shape index (κ2) is 3.14. The Kier molecular flexibility index (Phi) is 1.96. The minimum absolute atomic E-state index is 0.227. The number of hydrogen-bond acceptors (Lipinski definition) is 2. The number of halogens is 1. The molecule has 1 aromatic heterocycles. The first-order valence-electron chi connectivity index (χ1n) is 4.12. The molecule has 0 aliphatic heterocycles. The van der Waals surface area contributed by atoms with Crippen molar-refractivity contribution in [3.8, 4) is 5.75 Å². The third-order valence-electron chi connectivity index (χ3n) is 1.87. The maximum absolute atomic E-state index is 13.3. The summed E-state index contributed by atoms with van der Waals surface area (Å²) in [5, 5.41) is 0.308. The SMILES string of the molecule is CC(=O)Oc1c[nH]c2cccc(F)c12. The molecule has 0 unspecified atom stereocenters. The lowest BCUT2D eigenvalue weighted by molar-refractivity contribution is -0.131. The van der Waals surface area contributed by atoms with Crippen molar-refractivity contribution in [3.05, 3.63) is 30.2 Å². The number of aromatic amines is 1. The van der Waals surface area contributed by atoms with Crippen molar-refractivity contribution in [2.45, 2.75) is 6.92 Å². The average Bonchev–Trinajstić information content (AvgIpc) is 2.49. The van der Waals surface area contributed by atoms with E-state index < -0.39 is 11.8 Å². The monoisotopic (exact) mass is 193 g/mol. The number of esters is 1. The highest BCUT2D eigenvalue weighted by Gasteiger charge is 2.10. The number of hydrogen-bond donors (Lipinski definition) is 1. The number of fused-ring (bicyclic) bond motifs is 1. The fourth-order valence-corrected chi connectivity index (χ4v) is 1.35. The first-order chi connectivity index (χ1) is 6.68. The molecule has 0 saturated carbocycles. The summed E-state index contributed by atoms with van der Waals surface area (Å²) >= 11 is 0. The fraction of sp³-hybridized carbons (Fsp3) is 0.100. The van der Waals surface area contributed by atoms with Crippen LogP contribution in [0.1, 0.15) is 6.92 Å². The Morgan fingerprint density at radius 3 is 3.00 bits per heavy atom. The van der Waals surface area contributed by atoms with E-state index in [4.69, 9.17) is 4.74 Å². The molecule has 3 nitrogen and oxygen atoms in total. The normalized spacial score (nSPS) is 10.4. The molecular formula is C10H8FNO2. The van der Waals surface area contributed by atoms with Crippen LogP contribution in [0.4, 0.5) is 4.39 Å². The van der Waals surface area contributed by atoms with Crippen LogP contribution >= 0.6 is 0 Å². The summed E-state index contributed by atoms with van der Waals surface area (Å²) in [7, 11) is 0. The summed E-state index contributed by atoms with van der Waals surface area (Å²) in [6.45, 7) is 1.28. The van der Waals surface area contributed by atoms with E-state index in [1.807, 2.05) is 0 Å². The van der Waals surface area contributed by atoms with Gasteiger partial charge in [0.1, 0.15) is 5.82 Å². The Hall–Kier alpha value is -1.84. The van der Waals surface area contributed by atoms with Gasteiger partial charge in [0.25, 0.3) is 0 Å². The van der Waals surface area contributed by atoms with Gasteiger partial charge in [-0.25, -0.2) is 4.39 Å². The Morgan fingerprint density at radius 2 is 2.29 bits per heavy atom. The van der Waals surface area contributed by atoms with Crippen LogP contribution in [0.2, 0.25) is 0 Å². The fourth-order valence-electron chi connectivity index (χ4n) is 1.35. The van der Waals surface area contributed by atoms with Gasteiger partial charge in [-0.1, -0.05) is 6.07 Å². The molecule has 1 heterocycles. The van der Waals surface area contributed by atoms with E-state index in [1.54, 1.807) is 12.1 Å². The van der Waals surface area contributed by atoms with Gasteiger partial charge < -0.3 is 9.72 Å². The van der Waals surface area contributed by atoms with Crippen LogP contribution in [0.15, 0.2) is 24.4 Å². The molecule has 1 N–H and O–H groups in total. The standard InChI is InChI=1S/C10H8FNO2/c1-6(13)14-9-5-12-8-4-2-3-7(11)10(8)9/h2-5,12H,1H3. The Labute approximate surface area is 79.5 Å². The summed E-state index contributed by atoms with van der Waals surface area (Å²) in [6, 6.07) is 4.63. The zero-order valence-electron chi connectivity index (χ0n) is 7.50. The van der Waals surface area contributed by atoms with E-state index in [9.17, 15) is 9.18 Å². The largest absolute Gasteiger partial charge is 0.424 e. The molecule has 0 bridgehead atoms. The van der Waals surface area contributed by atoms with E-state index >= 15 is 0 Å². The second-order valence-electron chi connectivity index (χ2n) is 2.91. The molecule has 0 saturated heterocycles. The van der Waals surface area contributed by atoms with Crippen molar-refractivity contribution >= 4 is 16.9 Å². The number of rotatable bonds is 1. The molecule has 14 heavy (non-hydrogen) atoms. The molecule has 72 valence electrons. The maximum Gasteiger partial charge on any atom is 0.308 e. The van der Waals surface area contributed by atoms with Crippen LogP contribution in [0, 0.1) is 5.82 Å². The van der Waals surface area contributed by atoms with E-state index in [0.29, 0.717) is 10.9 Å². The van der Waals surface area contributed by atoms with Crippen LogP contribution in [0.5, 0.6) is 5.75 Å². The van der Waals surface area contributed by atoms with Gasteiger partial charge in [-0.2, -0.15) is 0 Å². The van der Waals surface area contributed by atoms with Crippen molar-refractivity contribution in [1.29, 1.82) is 0 Å². The lowest BCUT2D eigenvalue weighted by Crippen LogP contribution is -2.00. The summed E-state index contributed by atoms with van der Waals surface area (Å²) < 4.78 is 18.2. The third kappa shape index (κ3) is 1.35. The van der Waals surface area contributed by atoms with Crippen molar-refractivity contribution in [1.82, 2.24) is 4.98 Å². The quantitative estimate of drug-likeness (QED) is 0.705. The number of aromatic nitrogens is 1. The van der Waals surface area contributed by atoms with Crippen LogP contribution in [-0.2, 0) is 4.79 Å². The van der Waals surface area contributed by atoms with Crippen LogP contribution in [0.3, 0.4) is 0 Å². The number of nitrogens with one attached hydrogen (secondary N) is 1. The summed E-state index contributed by atoms with van der Waals surface area (Å²) in [5.41, 5.74) is 0.612. The van der Waals surface area contributed by atoms with Crippen molar-refractivity contribution in [2.24, 2.45) is 0 Å². The predicted molar refractivity (Wildman–Crippen MR) is 49.6 cm³/mol. The van der Waals surface area contributed by atoms with Crippen molar-refractivity contribution in [3.63, 3.8) is 0 Å². The van der Waals surface area contributed by atoms with Crippen LogP contribution in [0.25, 0.3) is 10.9 Å². The zero-order valence-corrected chi connectivity index (χ0v) is 7.50. The van der Waals surface area contributed by atoms with Gasteiger partial charge in [0.2, 0.25) is 0 Å². The highest BCUT2D eigenvalue weighted by Crippen LogP contribution is 2.27. The Balaban J connectivity index is 2.61. The average molecular weight is 193 g/mol. The van der Waals surface area contributed by atoms with E-state index in [-0.39, 0.29) is 5.75 Å². The zero-order chi connectivity index (χ0) is 10.1. The number of H-pyrrole nitrogens is 1. The molecule has 0 radical (unpaired) electrons. The molecule has 0 aliphatic carbocycles. The molecule has 0 amide bonds. The van der Waals surface area contributed by atoms with Gasteiger partial charge in [0.05, 0.1) is 10.9 Å². The molecule has 0 aliphatic rings. The minimum atomic E-state index is -0.464. The highest BCUT2D eigenvalue weighted by atomic mass is 19.1. The van der Waals surface area contributed by atoms with E-state index in [0.717, 1.165) is 0 Å². The lowest BCUT2D eigenvalue weighted by Gasteiger charge is -1.98. The topological polar surface area (TPSA) is 42.1 Å². The molecule has 2 aromatic rings. The molecule has 0 spiro atoms.